The number of carbonyl (C=O) groups excluding carboxylic acids is 1. The molecule has 0 radical (unpaired) electrons. The average molecular weight is 521 g/mol. The number of nitrogens with one attached hydrogen (secondary N) is 1. The van der Waals surface area contributed by atoms with E-state index in [-0.39, 0.29) is 23.8 Å². The Kier molecular flexibility index (Phi) is 6.81. The summed E-state index contributed by atoms with van der Waals surface area (Å²) in [7, 11) is 0. The van der Waals surface area contributed by atoms with Crippen LogP contribution in [0.1, 0.15) is 24.9 Å². The molecule has 0 aliphatic carbocycles. The van der Waals surface area contributed by atoms with E-state index in [9.17, 15) is 15.0 Å². The summed E-state index contributed by atoms with van der Waals surface area (Å²) in [6, 6.07) is 15.5. The minimum atomic E-state index is -1.56. The van der Waals surface area contributed by atoms with Crippen LogP contribution in [0.4, 0.5) is 5.69 Å². The molecule has 2 aliphatic heterocycles. The fourth-order valence-electron chi connectivity index (χ4n) is 4.58. The maximum atomic E-state index is 13.0. The number of likely N-dealkylation sites (tertiary alicyclic amines) is 1. The summed E-state index contributed by atoms with van der Waals surface area (Å²) in [6.07, 6.45) is -2.11. The van der Waals surface area contributed by atoms with Gasteiger partial charge in [-0.05, 0) is 55.3 Å². The molecule has 8 heteroatoms. The fraction of sp³-hybridized carbons (Fsp3) is 0.375. The summed E-state index contributed by atoms with van der Waals surface area (Å²) in [5, 5.41) is 25.0. The van der Waals surface area contributed by atoms with Gasteiger partial charge in [0.05, 0.1) is 6.04 Å². The van der Waals surface area contributed by atoms with Crippen LogP contribution in [0.5, 0.6) is 0 Å². The van der Waals surface area contributed by atoms with Gasteiger partial charge in [0.2, 0.25) is 0 Å². The maximum Gasteiger partial charge on any atom is 0.254 e. The highest BCUT2D eigenvalue weighted by Gasteiger charge is 2.47. The van der Waals surface area contributed by atoms with Crippen LogP contribution in [0.25, 0.3) is 0 Å². The molecule has 4 unspecified atom stereocenters. The molecule has 0 saturated carbocycles. The smallest absolute Gasteiger partial charge is 0.254 e. The summed E-state index contributed by atoms with van der Waals surface area (Å²) in [4.78, 5) is 16.9. The Morgan fingerprint density at radius 2 is 1.75 bits per heavy atom. The Bertz CT molecular complexity index is 985. The molecule has 170 valence electrons. The van der Waals surface area contributed by atoms with E-state index in [4.69, 9.17) is 11.6 Å². The predicted octanol–water partition coefficient (Wildman–Crippen LogP) is 3.48. The van der Waals surface area contributed by atoms with Gasteiger partial charge in [0.25, 0.3) is 5.91 Å². The van der Waals surface area contributed by atoms with Crippen molar-refractivity contribution in [3.63, 3.8) is 0 Å². The number of benzene rings is 2. The fourth-order valence-corrected chi connectivity index (χ4v) is 4.97. The minimum Gasteiger partial charge on any atom is -0.384 e. The Balaban J connectivity index is 1.34. The van der Waals surface area contributed by atoms with Crippen molar-refractivity contribution < 1.29 is 15.0 Å². The minimum absolute atomic E-state index is 0.00735. The van der Waals surface area contributed by atoms with Crippen molar-refractivity contribution >= 4 is 39.1 Å². The number of hydrogen-bond acceptors (Lipinski definition) is 5. The Morgan fingerprint density at radius 1 is 1.09 bits per heavy atom. The number of aliphatic hydroxyl groups is 2. The van der Waals surface area contributed by atoms with E-state index < -0.39 is 18.1 Å². The monoisotopic (exact) mass is 519 g/mol. The number of carbonyl (C=O) groups is 1. The SMILES string of the molecule is C=C(N[C@@H](C)c1ccc(Br)cc1)C(O)C(O)C(=O)N1CC2CC1CN2c1ccc(Cl)cc1. The number of rotatable bonds is 7. The van der Waals surface area contributed by atoms with E-state index in [1.54, 1.807) is 4.90 Å². The van der Waals surface area contributed by atoms with Gasteiger partial charge in [0, 0.05) is 46.1 Å². The lowest BCUT2D eigenvalue weighted by atomic mass is 10.1. The molecule has 5 atom stereocenters. The second-order valence-corrected chi connectivity index (χ2v) is 9.85. The summed E-state index contributed by atoms with van der Waals surface area (Å²) >= 11 is 9.40. The molecular weight excluding hydrogens is 494 g/mol. The van der Waals surface area contributed by atoms with Crippen molar-refractivity contribution in [1.82, 2.24) is 10.2 Å². The number of fused-ring (bicyclic) bond motifs is 2. The van der Waals surface area contributed by atoms with Gasteiger partial charge in [0.1, 0.15) is 6.10 Å². The molecule has 0 aromatic heterocycles. The topological polar surface area (TPSA) is 76.0 Å². The largest absolute Gasteiger partial charge is 0.384 e. The zero-order chi connectivity index (χ0) is 23.0. The number of amides is 1. The molecule has 3 N–H and O–H groups in total. The van der Waals surface area contributed by atoms with Crippen LogP contribution < -0.4 is 10.2 Å². The van der Waals surface area contributed by atoms with Crippen molar-refractivity contribution in [3.05, 3.63) is 75.9 Å². The second kappa shape index (κ2) is 9.43. The van der Waals surface area contributed by atoms with Gasteiger partial charge >= 0.3 is 0 Å². The highest BCUT2D eigenvalue weighted by Crippen LogP contribution is 2.35. The standard InChI is InChI=1S/C24H27BrClN3O3/c1-14(16-3-5-17(25)6-4-16)27-15(2)22(30)23(31)24(32)29-13-20-11-21(29)12-28(20)19-9-7-18(26)8-10-19/h3-10,14,20-23,27,30-31H,2,11-13H2,1H3/t14-,20?,21?,22?,23?/m0/s1. The summed E-state index contributed by atoms with van der Waals surface area (Å²) in [5.74, 6) is -0.458. The van der Waals surface area contributed by atoms with Crippen molar-refractivity contribution in [2.45, 2.75) is 43.7 Å². The summed E-state index contributed by atoms with van der Waals surface area (Å²) in [5.41, 5.74) is 2.30. The molecule has 6 nitrogen and oxygen atoms in total. The predicted molar refractivity (Wildman–Crippen MR) is 130 cm³/mol. The Hall–Kier alpha value is -2.06. The Morgan fingerprint density at radius 3 is 2.34 bits per heavy atom. The first-order valence-electron chi connectivity index (χ1n) is 10.6. The van der Waals surface area contributed by atoms with Gasteiger partial charge in [-0.25, -0.2) is 0 Å². The first kappa shape index (κ1) is 23.1. The third-order valence-electron chi connectivity index (χ3n) is 6.36. The molecule has 0 spiro atoms. The van der Waals surface area contributed by atoms with Crippen molar-refractivity contribution in [2.75, 3.05) is 18.0 Å². The molecule has 2 aliphatic rings. The van der Waals surface area contributed by atoms with E-state index in [0.29, 0.717) is 18.1 Å². The zero-order valence-corrected chi connectivity index (χ0v) is 20.1. The van der Waals surface area contributed by atoms with Crippen LogP contribution in [-0.2, 0) is 4.79 Å². The van der Waals surface area contributed by atoms with E-state index in [1.807, 2.05) is 55.5 Å². The highest BCUT2D eigenvalue weighted by molar-refractivity contribution is 9.10. The highest BCUT2D eigenvalue weighted by atomic mass is 79.9. The van der Waals surface area contributed by atoms with Crippen LogP contribution in [0.2, 0.25) is 5.02 Å². The van der Waals surface area contributed by atoms with Gasteiger partial charge in [-0.15, -0.1) is 0 Å². The normalized spacial score (nSPS) is 22.5. The first-order valence-corrected chi connectivity index (χ1v) is 11.8. The lowest BCUT2D eigenvalue weighted by Gasteiger charge is -2.37. The number of nitrogens with zero attached hydrogens (tertiary/aromatic N) is 2. The third kappa shape index (κ3) is 4.66. The summed E-state index contributed by atoms with van der Waals surface area (Å²) < 4.78 is 0.975. The van der Waals surface area contributed by atoms with Gasteiger partial charge < -0.3 is 25.3 Å². The average Bonchev–Trinajstić information content (AvgIpc) is 3.39. The lowest BCUT2D eigenvalue weighted by molar-refractivity contribution is -0.146. The van der Waals surface area contributed by atoms with Gasteiger partial charge in [-0.1, -0.05) is 46.2 Å². The molecule has 4 rings (SSSR count). The van der Waals surface area contributed by atoms with E-state index in [2.05, 4.69) is 32.7 Å². The van der Waals surface area contributed by atoms with Crippen LogP contribution in [0.3, 0.4) is 0 Å². The zero-order valence-electron chi connectivity index (χ0n) is 17.8. The van der Waals surface area contributed by atoms with Crippen LogP contribution >= 0.6 is 27.5 Å². The summed E-state index contributed by atoms with van der Waals surface area (Å²) in [6.45, 7) is 7.00. The van der Waals surface area contributed by atoms with Crippen LogP contribution in [-0.4, -0.2) is 58.4 Å². The molecule has 32 heavy (non-hydrogen) atoms. The van der Waals surface area contributed by atoms with Gasteiger partial charge in [-0.2, -0.15) is 0 Å². The molecule has 2 heterocycles. The molecule has 1 amide bonds. The molecule has 2 aromatic carbocycles. The number of anilines is 1. The van der Waals surface area contributed by atoms with Crippen molar-refractivity contribution in [3.8, 4) is 0 Å². The molecule has 2 fully saturated rings. The van der Waals surface area contributed by atoms with Crippen molar-refractivity contribution in [2.24, 2.45) is 0 Å². The second-order valence-electron chi connectivity index (χ2n) is 8.50. The number of piperazine rings is 1. The lowest BCUT2D eigenvalue weighted by Crippen LogP contribution is -2.54. The first-order chi connectivity index (χ1) is 15.2. The van der Waals surface area contributed by atoms with Crippen LogP contribution in [0.15, 0.2) is 65.3 Å². The molecule has 2 aromatic rings. The number of halogens is 2. The van der Waals surface area contributed by atoms with Gasteiger partial charge in [0.15, 0.2) is 6.10 Å². The van der Waals surface area contributed by atoms with E-state index >= 15 is 0 Å². The maximum absolute atomic E-state index is 13.0. The quantitative estimate of drug-likeness (QED) is 0.521. The van der Waals surface area contributed by atoms with E-state index in [0.717, 1.165) is 22.1 Å². The third-order valence-corrected chi connectivity index (χ3v) is 7.14. The van der Waals surface area contributed by atoms with Crippen LogP contribution in [0, 0.1) is 0 Å². The van der Waals surface area contributed by atoms with E-state index in [1.165, 1.54) is 0 Å². The number of hydrogen-bond donors (Lipinski definition) is 3. The van der Waals surface area contributed by atoms with Crippen molar-refractivity contribution in [1.29, 1.82) is 0 Å². The van der Waals surface area contributed by atoms with Gasteiger partial charge in [-0.3, -0.25) is 4.79 Å². The molecule has 2 saturated heterocycles. The number of aliphatic hydroxyl groups excluding tert-OH is 2. The molecule has 2 bridgehead atoms. The Labute approximate surface area is 201 Å². The molecular formula is C24H27BrClN3O3.